The number of aliphatic carboxylic acids is 1. The second-order valence-corrected chi connectivity index (χ2v) is 8.21. The van der Waals surface area contributed by atoms with Crippen molar-refractivity contribution in [1.29, 1.82) is 0 Å². The third-order valence-corrected chi connectivity index (χ3v) is 5.51. The van der Waals surface area contributed by atoms with Crippen molar-refractivity contribution in [3.05, 3.63) is 57.6 Å². The lowest BCUT2D eigenvalue weighted by molar-refractivity contribution is -0.304. The zero-order valence-electron chi connectivity index (χ0n) is 17.4. The lowest BCUT2D eigenvalue weighted by Crippen LogP contribution is -2.24. The molecule has 0 spiro atoms. The largest absolute Gasteiger partial charge is 0.550 e. The van der Waals surface area contributed by atoms with Gasteiger partial charge >= 0.3 is 0 Å². The highest BCUT2D eigenvalue weighted by Gasteiger charge is 2.12. The van der Waals surface area contributed by atoms with Crippen molar-refractivity contribution in [3.8, 4) is 5.75 Å². The molecule has 0 fully saturated rings. The number of ether oxygens (including phenoxy) is 1. The van der Waals surface area contributed by atoms with E-state index < -0.39 is 12.1 Å². The number of carbonyl (C=O) groups excluding carboxylic acids is 1. The Hall–Kier alpha value is -1.99. The van der Waals surface area contributed by atoms with Crippen molar-refractivity contribution in [3.63, 3.8) is 0 Å². The molecule has 0 radical (unpaired) electrons. The summed E-state index contributed by atoms with van der Waals surface area (Å²) in [6, 6.07) is 10.4. The molecule has 4 N–H and O–H groups in total. The molecule has 0 saturated carbocycles. The van der Waals surface area contributed by atoms with E-state index >= 15 is 0 Å². The fraction of sp³-hybridized carbons (Fsp3) is 0.435. The maximum absolute atomic E-state index is 10.8. The first kappa shape index (κ1) is 25.3. The van der Waals surface area contributed by atoms with Crippen LogP contribution < -0.4 is 20.9 Å². The predicted octanol–water partition coefficient (Wildman–Crippen LogP) is 3.52. The number of aliphatic hydroxyl groups excluding tert-OH is 1. The van der Waals surface area contributed by atoms with Gasteiger partial charge in [-0.3, -0.25) is 0 Å². The van der Waals surface area contributed by atoms with E-state index in [0.29, 0.717) is 45.8 Å². The average molecular weight is 468 g/mol. The molecule has 0 saturated heterocycles. The molecule has 1 unspecified atom stereocenters. The van der Waals surface area contributed by atoms with E-state index in [9.17, 15) is 15.0 Å². The van der Waals surface area contributed by atoms with Gasteiger partial charge in [0.25, 0.3) is 0 Å². The molecule has 0 heterocycles. The molecule has 0 aliphatic carbocycles. The molecule has 0 bridgehead atoms. The monoisotopic (exact) mass is 467 g/mol. The maximum Gasteiger partial charge on any atom is 0.122 e. The van der Waals surface area contributed by atoms with Crippen LogP contribution in [0.1, 0.15) is 49.3 Å². The van der Waals surface area contributed by atoms with Crippen molar-refractivity contribution >= 4 is 34.9 Å². The third-order valence-electron chi connectivity index (χ3n) is 4.89. The standard InChI is InChI=1S/C23H30Cl2N2O4/c24-18-12-17(13-19(25)23(18)26)20(28)15-27-10-6-2-1-3-7-11-31-21-9-5-4-8-16(21)14-22(29)30/h4-5,8-9,12-13,20,27-28H,1-3,6-7,10-11,14-15,26H2,(H,29,30)/p-1. The summed E-state index contributed by atoms with van der Waals surface area (Å²) in [6.07, 6.45) is 4.26. The highest BCUT2D eigenvalue weighted by atomic mass is 35.5. The minimum atomic E-state index is -1.11. The predicted molar refractivity (Wildman–Crippen MR) is 122 cm³/mol. The van der Waals surface area contributed by atoms with Gasteiger partial charge in [-0.05, 0) is 48.7 Å². The first-order valence-electron chi connectivity index (χ1n) is 10.4. The zero-order valence-corrected chi connectivity index (χ0v) is 18.9. The number of nitrogen functional groups attached to an aromatic ring is 1. The second kappa shape index (κ2) is 13.4. The van der Waals surface area contributed by atoms with Crippen molar-refractivity contribution in [2.75, 3.05) is 25.4 Å². The SMILES string of the molecule is Nc1c(Cl)cc(C(O)CNCCCCCCCOc2ccccc2CC(=O)[O-])cc1Cl. The number of carboxylic acid groups (broad SMARTS) is 1. The topological polar surface area (TPSA) is 108 Å². The normalized spacial score (nSPS) is 12.0. The Balaban J connectivity index is 1.53. The lowest BCUT2D eigenvalue weighted by Gasteiger charge is -2.14. The molecular weight excluding hydrogens is 439 g/mol. The van der Waals surface area contributed by atoms with Crippen molar-refractivity contribution in [2.45, 2.75) is 44.6 Å². The summed E-state index contributed by atoms with van der Waals surface area (Å²) in [5, 5.41) is 25.0. The summed E-state index contributed by atoms with van der Waals surface area (Å²) in [7, 11) is 0. The summed E-state index contributed by atoms with van der Waals surface area (Å²) in [5.74, 6) is -0.503. The molecular formula is C23H29Cl2N2O4-. The summed E-state index contributed by atoms with van der Waals surface area (Å²) >= 11 is 12.0. The molecule has 2 aromatic carbocycles. The summed E-state index contributed by atoms with van der Waals surface area (Å²) in [5.41, 5.74) is 7.30. The number of aliphatic hydroxyl groups is 1. The molecule has 31 heavy (non-hydrogen) atoms. The van der Waals surface area contributed by atoms with E-state index in [4.69, 9.17) is 33.7 Å². The van der Waals surface area contributed by atoms with Crippen LogP contribution in [0.25, 0.3) is 0 Å². The quantitative estimate of drug-likeness (QED) is 0.289. The Labute approximate surface area is 193 Å². The number of carboxylic acids is 1. The van der Waals surface area contributed by atoms with Gasteiger partial charge in [0.05, 0.1) is 28.4 Å². The highest BCUT2D eigenvalue weighted by Crippen LogP contribution is 2.31. The molecule has 8 heteroatoms. The number of hydrogen-bond acceptors (Lipinski definition) is 6. The van der Waals surface area contributed by atoms with Crippen LogP contribution in [-0.2, 0) is 11.2 Å². The number of anilines is 1. The van der Waals surface area contributed by atoms with Crippen LogP contribution in [-0.4, -0.2) is 30.8 Å². The molecule has 0 aliphatic rings. The van der Waals surface area contributed by atoms with Gasteiger partial charge in [-0.15, -0.1) is 0 Å². The number of hydrogen-bond donors (Lipinski definition) is 3. The van der Waals surface area contributed by atoms with Gasteiger partial charge in [-0.2, -0.15) is 0 Å². The third kappa shape index (κ3) is 8.95. The Morgan fingerprint density at radius 3 is 2.45 bits per heavy atom. The molecule has 0 aromatic heterocycles. The number of rotatable bonds is 14. The smallest absolute Gasteiger partial charge is 0.122 e. The van der Waals surface area contributed by atoms with Gasteiger partial charge in [0.2, 0.25) is 0 Å². The van der Waals surface area contributed by atoms with Crippen LogP contribution >= 0.6 is 23.2 Å². The van der Waals surface area contributed by atoms with Crippen LogP contribution in [0.4, 0.5) is 5.69 Å². The fourth-order valence-corrected chi connectivity index (χ4v) is 3.67. The molecule has 0 amide bonds. The van der Waals surface area contributed by atoms with Gasteiger partial charge in [0.15, 0.2) is 0 Å². The van der Waals surface area contributed by atoms with E-state index in [0.717, 1.165) is 38.6 Å². The fourth-order valence-electron chi connectivity index (χ4n) is 3.16. The Morgan fingerprint density at radius 1 is 1.10 bits per heavy atom. The lowest BCUT2D eigenvalue weighted by atomic mass is 10.1. The second-order valence-electron chi connectivity index (χ2n) is 7.39. The molecule has 2 rings (SSSR count). The number of unbranched alkanes of at least 4 members (excludes halogenated alkanes) is 4. The van der Waals surface area contributed by atoms with Crippen molar-refractivity contribution in [1.82, 2.24) is 5.32 Å². The Bertz CT molecular complexity index is 825. The summed E-state index contributed by atoms with van der Waals surface area (Å²) in [6.45, 7) is 1.78. The van der Waals surface area contributed by atoms with Gasteiger partial charge in [0, 0.05) is 18.9 Å². The van der Waals surface area contributed by atoms with Gasteiger partial charge in [-0.25, -0.2) is 0 Å². The summed E-state index contributed by atoms with van der Waals surface area (Å²) < 4.78 is 5.72. The van der Waals surface area contributed by atoms with Crippen molar-refractivity contribution < 1.29 is 19.7 Å². The van der Waals surface area contributed by atoms with Gasteiger partial charge in [-0.1, -0.05) is 60.7 Å². The van der Waals surface area contributed by atoms with E-state index in [2.05, 4.69) is 5.32 Å². The molecule has 170 valence electrons. The first-order valence-corrected chi connectivity index (χ1v) is 11.2. The number of para-hydroxylation sites is 1. The highest BCUT2D eigenvalue weighted by molar-refractivity contribution is 6.38. The van der Waals surface area contributed by atoms with Crippen LogP contribution in [0.2, 0.25) is 10.0 Å². The minimum absolute atomic E-state index is 0.143. The van der Waals surface area contributed by atoms with Gasteiger partial charge in [0.1, 0.15) is 5.75 Å². The van der Waals surface area contributed by atoms with Crippen LogP contribution in [0.5, 0.6) is 5.75 Å². The zero-order chi connectivity index (χ0) is 22.6. The number of halogens is 2. The average Bonchev–Trinajstić information content (AvgIpc) is 2.73. The molecule has 0 aliphatic heterocycles. The molecule has 2 aromatic rings. The minimum Gasteiger partial charge on any atom is -0.550 e. The molecule has 1 atom stereocenters. The van der Waals surface area contributed by atoms with E-state index in [1.807, 2.05) is 6.07 Å². The van der Waals surface area contributed by atoms with E-state index in [-0.39, 0.29) is 6.42 Å². The van der Waals surface area contributed by atoms with Crippen LogP contribution in [0, 0.1) is 0 Å². The molecule has 6 nitrogen and oxygen atoms in total. The number of carbonyl (C=O) groups is 1. The number of nitrogens with one attached hydrogen (secondary N) is 1. The van der Waals surface area contributed by atoms with E-state index in [1.54, 1.807) is 30.3 Å². The first-order chi connectivity index (χ1) is 14.9. The Kier molecular flexibility index (Phi) is 10.9. The van der Waals surface area contributed by atoms with Crippen molar-refractivity contribution in [2.24, 2.45) is 0 Å². The van der Waals surface area contributed by atoms with Crippen LogP contribution in [0.3, 0.4) is 0 Å². The maximum atomic E-state index is 10.8. The van der Waals surface area contributed by atoms with Crippen LogP contribution in [0.15, 0.2) is 36.4 Å². The van der Waals surface area contributed by atoms with Gasteiger partial charge < -0.3 is 30.8 Å². The number of nitrogens with two attached hydrogens (primary N) is 1. The van der Waals surface area contributed by atoms with E-state index in [1.165, 1.54) is 0 Å². The number of benzene rings is 2. The summed E-state index contributed by atoms with van der Waals surface area (Å²) in [4.78, 5) is 10.8. The Morgan fingerprint density at radius 2 is 1.74 bits per heavy atom.